The second-order valence-corrected chi connectivity index (χ2v) is 5.73. The number of benzene rings is 2. The summed E-state index contributed by atoms with van der Waals surface area (Å²) >= 11 is 0. The lowest BCUT2D eigenvalue weighted by molar-refractivity contribution is -0.121. The molecule has 0 aliphatic heterocycles. The van der Waals surface area contributed by atoms with E-state index < -0.39 is 0 Å². The summed E-state index contributed by atoms with van der Waals surface area (Å²) in [5, 5.41) is 2.98. The first-order valence-electron chi connectivity index (χ1n) is 8.92. The lowest BCUT2D eigenvalue weighted by atomic mass is 10.1. The summed E-state index contributed by atoms with van der Waals surface area (Å²) in [6.07, 6.45) is 2.05. The van der Waals surface area contributed by atoms with Crippen molar-refractivity contribution in [3.05, 3.63) is 59.7 Å². The van der Waals surface area contributed by atoms with Crippen molar-refractivity contribution in [1.82, 2.24) is 5.32 Å². The molecule has 0 bridgehead atoms. The maximum absolute atomic E-state index is 12.0. The summed E-state index contributed by atoms with van der Waals surface area (Å²) in [7, 11) is 0. The smallest absolute Gasteiger partial charge is 0.220 e. The topological polar surface area (TPSA) is 47.6 Å². The molecule has 0 heterocycles. The molecule has 0 radical (unpaired) electrons. The Labute approximate surface area is 150 Å². The number of ether oxygens (including phenoxy) is 2. The van der Waals surface area contributed by atoms with Crippen LogP contribution in [0.1, 0.15) is 31.4 Å². The third-order valence-electron chi connectivity index (χ3n) is 3.83. The Kier molecular flexibility index (Phi) is 7.83. The molecule has 1 amide bonds. The Morgan fingerprint density at radius 1 is 0.880 bits per heavy atom. The molecule has 1 N–H and O–H groups in total. The Morgan fingerprint density at radius 3 is 2.32 bits per heavy atom. The predicted octanol–water partition coefficient (Wildman–Crippen LogP) is 3.78. The summed E-state index contributed by atoms with van der Waals surface area (Å²) in [6.45, 7) is 5.73. The quantitative estimate of drug-likeness (QED) is 0.715. The van der Waals surface area contributed by atoms with E-state index in [9.17, 15) is 4.79 Å². The Hall–Kier alpha value is -2.49. The van der Waals surface area contributed by atoms with Crippen LogP contribution in [0, 0.1) is 0 Å². The van der Waals surface area contributed by atoms with Gasteiger partial charge in [0.1, 0.15) is 0 Å². The van der Waals surface area contributed by atoms with Crippen LogP contribution < -0.4 is 14.8 Å². The van der Waals surface area contributed by atoms with Crippen molar-refractivity contribution in [2.24, 2.45) is 0 Å². The number of rotatable bonds is 10. The molecule has 0 aliphatic carbocycles. The van der Waals surface area contributed by atoms with Gasteiger partial charge in [-0.1, -0.05) is 36.4 Å². The van der Waals surface area contributed by atoms with E-state index in [-0.39, 0.29) is 5.91 Å². The van der Waals surface area contributed by atoms with Gasteiger partial charge in [-0.2, -0.15) is 0 Å². The zero-order valence-corrected chi connectivity index (χ0v) is 15.1. The SMILES string of the molecule is CCOc1ccc(CCNC(=O)CCc2ccccc2)cc1OCC. The van der Waals surface area contributed by atoms with E-state index >= 15 is 0 Å². The number of hydrogen-bond acceptors (Lipinski definition) is 3. The van der Waals surface area contributed by atoms with E-state index in [2.05, 4.69) is 5.32 Å². The minimum absolute atomic E-state index is 0.0832. The standard InChI is InChI=1S/C21H27NO3/c1-3-24-19-12-10-18(16-20(19)25-4-2)14-15-22-21(23)13-11-17-8-6-5-7-9-17/h5-10,12,16H,3-4,11,13-15H2,1-2H3,(H,22,23). The maximum Gasteiger partial charge on any atom is 0.220 e. The summed E-state index contributed by atoms with van der Waals surface area (Å²) in [4.78, 5) is 12.0. The molecular weight excluding hydrogens is 314 g/mol. The fourth-order valence-electron chi connectivity index (χ4n) is 2.59. The van der Waals surface area contributed by atoms with E-state index in [4.69, 9.17) is 9.47 Å². The van der Waals surface area contributed by atoms with Gasteiger partial charge in [0.25, 0.3) is 0 Å². The molecular formula is C21H27NO3. The lowest BCUT2D eigenvalue weighted by Crippen LogP contribution is -2.25. The molecule has 4 heteroatoms. The highest BCUT2D eigenvalue weighted by atomic mass is 16.5. The van der Waals surface area contributed by atoms with E-state index in [1.807, 2.05) is 62.4 Å². The van der Waals surface area contributed by atoms with Gasteiger partial charge in [0.05, 0.1) is 13.2 Å². The molecule has 0 aromatic heterocycles. The van der Waals surface area contributed by atoms with Gasteiger partial charge in [0.2, 0.25) is 5.91 Å². The molecule has 2 rings (SSSR count). The molecule has 25 heavy (non-hydrogen) atoms. The van der Waals surface area contributed by atoms with Crippen molar-refractivity contribution in [3.63, 3.8) is 0 Å². The summed E-state index contributed by atoms with van der Waals surface area (Å²) in [6, 6.07) is 16.0. The molecule has 4 nitrogen and oxygen atoms in total. The number of aryl methyl sites for hydroxylation is 1. The van der Waals surface area contributed by atoms with E-state index in [1.54, 1.807) is 0 Å². The van der Waals surface area contributed by atoms with Gasteiger partial charge >= 0.3 is 0 Å². The number of nitrogens with one attached hydrogen (secondary N) is 1. The second kappa shape index (κ2) is 10.4. The summed E-state index contributed by atoms with van der Waals surface area (Å²) < 4.78 is 11.2. The van der Waals surface area contributed by atoms with Crippen LogP contribution in [0.2, 0.25) is 0 Å². The molecule has 0 unspecified atom stereocenters. The second-order valence-electron chi connectivity index (χ2n) is 5.73. The van der Waals surface area contributed by atoms with Crippen LogP contribution in [0.25, 0.3) is 0 Å². The highest BCUT2D eigenvalue weighted by Gasteiger charge is 2.07. The molecule has 0 atom stereocenters. The number of carbonyl (C=O) groups is 1. The first-order chi connectivity index (χ1) is 12.2. The summed E-state index contributed by atoms with van der Waals surface area (Å²) in [5.41, 5.74) is 2.31. The number of carbonyl (C=O) groups excluding carboxylic acids is 1. The zero-order chi connectivity index (χ0) is 17.9. The Morgan fingerprint density at radius 2 is 1.60 bits per heavy atom. The highest BCUT2D eigenvalue weighted by molar-refractivity contribution is 5.76. The van der Waals surface area contributed by atoms with E-state index in [1.165, 1.54) is 5.56 Å². The molecule has 0 saturated heterocycles. The van der Waals surface area contributed by atoms with Gasteiger partial charge in [-0.15, -0.1) is 0 Å². The molecule has 0 spiro atoms. The fourth-order valence-corrected chi connectivity index (χ4v) is 2.59. The lowest BCUT2D eigenvalue weighted by Gasteiger charge is -2.12. The first kappa shape index (κ1) is 18.8. The number of amides is 1. The van der Waals surface area contributed by atoms with Crippen molar-refractivity contribution in [2.75, 3.05) is 19.8 Å². The molecule has 0 saturated carbocycles. The van der Waals surface area contributed by atoms with Crippen molar-refractivity contribution in [3.8, 4) is 11.5 Å². The van der Waals surface area contributed by atoms with Crippen LogP contribution >= 0.6 is 0 Å². The van der Waals surface area contributed by atoms with E-state index in [0.29, 0.717) is 26.2 Å². The van der Waals surface area contributed by atoms with Crippen molar-refractivity contribution < 1.29 is 14.3 Å². The van der Waals surface area contributed by atoms with Gasteiger partial charge in [0, 0.05) is 13.0 Å². The van der Waals surface area contributed by atoms with Gasteiger partial charge in [-0.25, -0.2) is 0 Å². The van der Waals surface area contributed by atoms with Gasteiger partial charge < -0.3 is 14.8 Å². The third kappa shape index (κ3) is 6.49. The normalized spacial score (nSPS) is 10.3. The highest BCUT2D eigenvalue weighted by Crippen LogP contribution is 2.28. The van der Waals surface area contributed by atoms with Gasteiger partial charge in [-0.3, -0.25) is 4.79 Å². The number of hydrogen-bond donors (Lipinski definition) is 1. The van der Waals surface area contributed by atoms with Gasteiger partial charge in [0.15, 0.2) is 11.5 Å². The fraction of sp³-hybridized carbons (Fsp3) is 0.381. The van der Waals surface area contributed by atoms with Crippen LogP contribution in [0.4, 0.5) is 0 Å². The summed E-state index contributed by atoms with van der Waals surface area (Å²) in [5.74, 6) is 1.61. The van der Waals surface area contributed by atoms with Crippen LogP contribution in [-0.4, -0.2) is 25.7 Å². The monoisotopic (exact) mass is 341 g/mol. The maximum atomic E-state index is 12.0. The molecule has 134 valence electrons. The minimum atomic E-state index is 0.0832. The van der Waals surface area contributed by atoms with Crippen molar-refractivity contribution >= 4 is 5.91 Å². The van der Waals surface area contributed by atoms with Crippen molar-refractivity contribution in [2.45, 2.75) is 33.1 Å². The first-order valence-corrected chi connectivity index (χ1v) is 8.92. The van der Waals surface area contributed by atoms with Crippen LogP contribution in [0.15, 0.2) is 48.5 Å². The zero-order valence-electron chi connectivity index (χ0n) is 15.1. The Bertz CT molecular complexity index is 655. The largest absolute Gasteiger partial charge is 0.490 e. The van der Waals surface area contributed by atoms with E-state index in [0.717, 1.165) is 29.9 Å². The Balaban J connectivity index is 1.78. The van der Waals surface area contributed by atoms with Gasteiger partial charge in [-0.05, 0) is 49.9 Å². The third-order valence-corrected chi connectivity index (χ3v) is 3.83. The van der Waals surface area contributed by atoms with Crippen LogP contribution in [-0.2, 0) is 17.6 Å². The molecule has 2 aromatic rings. The van der Waals surface area contributed by atoms with Crippen molar-refractivity contribution in [1.29, 1.82) is 0 Å². The van der Waals surface area contributed by atoms with Crippen LogP contribution in [0.5, 0.6) is 11.5 Å². The molecule has 2 aromatic carbocycles. The molecule has 0 aliphatic rings. The minimum Gasteiger partial charge on any atom is -0.490 e. The molecule has 0 fully saturated rings. The predicted molar refractivity (Wildman–Crippen MR) is 100 cm³/mol. The average Bonchev–Trinajstić information content (AvgIpc) is 2.63. The van der Waals surface area contributed by atoms with Crippen LogP contribution in [0.3, 0.4) is 0 Å². The average molecular weight is 341 g/mol.